The molecule has 164 valence electrons. The number of aryl methyl sites for hydroxylation is 1. The van der Waals surface area contributed by atoms with Crippen LogP contribution in [-0.4, -0.2) is 56.6 Å². The number of pyridine rings is 1. The van der Waals surface area contributed by atoms with Crippen molar-refractivity contribution in [2.45, 2.75) is 31.9 Å². The van der Waals surface area contributed by atoms with Gasteiger partial charge in [0.2, 0.25) is 10.0 Å². The van der Waals surface area contributed by atoms with Crippen molar-refractivity contribution >= 4 is 47.4 Å². The van der Waals surface area contributed by atoms with Crippen molar-refractivity contribution in [3.8, 4) is 0 Å². The van der Waals surface area contributed by atoms with Gasteiger partial charge in [-0.2, -0.15) is 13.2 Å². The Morgan fingerprint density at radius 3 is 2.55 bits per heavy atom. The van der Waals surface area contributed by atoms with Gasteiger partial charge in [0, 0.05) is 24.4 Å². The first kappa shape index (κ1) is 20.5. The van der Waals surface area contributed by atoms with Crippen LogP contribution in [0.25, 0.3) is 26.1 Å². The summed E-state index contributed by atoms with van der Waals surface area (Å²) in [4.78, 5) is 13.1. The summed E-state index contributed by atoms with van der Waals surface area (Å²) >= 11 is 1.11. The molecule has 8 nitrogen and oxygen atoms in total. The number of thiophene rings is 1. The standard InChI is InChI=1S/C18H17F3N6O2S2/c1-9-7-11(18(19,20)21)23-17-12(9)13-14(30-17)16-24-15(25-27(16)8-22-13)10-3-5-26(6-4-10)31(2,28)29/h7-8,10H,3-6H2,1-2H3. The fraction of sp³-hybridized carbons (Fsp3) is 0.444. The second kappa shape index (κ2) is 6.81. The van der Waals surface area contributed by atoms with Crippen molar-refractivity contribution in [3.63, 3.8) is 0 Å². The lowest BCUT2D eigenvalue weighted by Crippen LogP contribution is -2.37. The summed E-state index contributed by atoms with van der Waals surface area (Å²) in [5, 5.41) is 5.09. The minimum Gasteiger partial charge on any atom is -0.234 e. The Labute approximate surface area is 178 Å². The van der Waals surface area contributed by atoms with Crippen LogP contribution in [0.5, 0.6) is 0 Å². The predicted molar refractivity (Wildman–Crippen MR) is 110 cm³/mol. The van der Waals surface area contributed by atoms with Gasteiger partial charge in [-0.3, -0.25) is 0 Å². The Bertz CT molecular complexity index is 1440. The summed E-state index contributed by atoms with van der Waals surface area (Å²) in [6, 6.07) is 1.03. The van der Waals surface area contributed by atoms with Crippen LogP contribution < -0.4 is 0 Å². The van der Waals surface area contributed by atoms with Gasteiger partial charge in [-0.05, 0) is 31.4 Å². The van der Waals surface area contributed by atoms with Crippen LogP contribution in [0.15, 0.2) is 12.4 Å². The number of rotatable bonds is 2. The summed E-state index contributed by atoms with van der Waals surface area (Å²) < 4.78 is 66.6. The Morgan fingerprint density at radius 2 is 1.90 bits per heavy atom. The van der Waals surface area contributed by atoms with Gasteiger partial charge < -0.3 is 0 Å². The molecule has 1 saturated heterocycles. The van der Waals surface area contributed by atoms with E-state index >= 15 is 0 Å². The molecule has 5 heterocycles. The molecule has 0 unspecified atom stereocenters. The highest BCUT2D eigenvalue weighted by atomic mass is 32.2. The van der Waals surface area contributed by atoms with Crippen molar-refractivity contribution in [2.75, 3.05) is 19.3 Å². The number of halogens is 3. The van der Waals surface area contributed by atoms with Crippen LogP contribution in [-0.2, 0) is 16.2 Å². The first-order valence-electron chi connectivity index (χ1n) is 9.50. The number of fused-ring (bicyclic) bond motifs is 5. The molecule has 4 aromatic heterocycles. The third-order valence-electron chi connectivity index (χ3n) is 5.56. The number of hydrogen-bond acceptors (Lipinski definition) is 7. The number of piperidine rings is 1. The molecule has 0 radical (unpaired) electrons. The van der Waals surface area contributed by atoms with Crippen molar-refractivity contribution in [2.24, 2.45) is 0 Å². The molecule has 0 atom stereocenters. The SMILES string of the molecule is Cc1cc(C(F)(F)F)nc2sc3c(ncn4nc(C5CCN(S(C)(=O)=O)CC5)nc34)c12. The zero-order chi connectivity index (χ0) is 22.1. The first-order valence-corrected chi connectivity index (χ1v) is 12.2. The van der Waals surface area contributed by atoms with E-state index in [0.717, 1.165) is 17.4 Å². The third-order valence-corrected chi connectivity index (χ3v) is 7.93. The van der Waals surface area contributed by atoms with E-state index in [1.807, 2.05) is 0 Å². The lowest BCUT2D eigenvalue weighted by Gasteiger charge is -2.28. The lowest BCUT2D eigenvalue weighted by atomic mass is 9.98. The predicted octanol–water partition coefficient (Wildman–Crippen LogP) is 3.35. The highest BCUT2D eigenvalue weighted by Gasteiger charge is 2.34. The number of hydrogen-bond donors (Lipinski definition) is 0. The van der Waals surface area contributed by atoms with E-state index in [-0.39, 0.29) is 10.7 Å². The van der Waals surface area contributed by atoms with Crippen LogP contribution in [0.4, 0.5) is 13.2 Å². The zero-order valence-electron chi connectivity index (χ0n) is 16.5. The maximum atomic E-state index is 13.2. The fourth-order valence-electron chi connectivity index (χ4n) is 3.99. The molecule has 31 heavy (non-hydrogen) atoms. The summed E-state index contributed by atoms with van der Waals surface area (Å²) in [6.07, 6.45) is -0.629. The average Bonchev–Trinajstić information content (AvgIpc) is 3.28. The van der Waals surface area contributed by atoms with Gasteiger partial charge in [-0.15, -0.1) is 16.4 Å². The molecule has 0 spiro atoms. The van der Waals surface area contributed by atoms with E-state index in [0.29, 0.717) is 58.6 Å². The molecule has 1 aliphatic heterocycles. The summed E-state index contributed by atoms with van der Waals surface area (Å²) in [7, 11) is -3.23. The summed E-state index contributed by atoms with van der Waals surface area (Å²) in [5.74, 6) is 0.583. The maximum absolute atomic E-state index is 13.2. The minimum atomic E-state index is -4.53. The molecule has 1 fully saturated rings. The van der Waals surface area contributed by atoms with Gasteiger partial charge in [-0.1, -0.05) is 0 Å². The van der Waals surface area contributed by atoms with E-state index in [2.05, 4.69) is 20.1 Å². The van der Waals surface area contributed by atoms with Crippen molar-refractivity contribution in [1.29, 1.82) is 0 Å². The highest BCUT2D eigenvalue weighted by Crippen LogP contribution is 2.39. The molecular formula is C18H17F3N6O2S2. The quantitative estimate of drug-likeness (QED) is 0.446. The molecule has 4 aromatic rings. The second-order valence-electron chi connectivity index (χ2n) is 7.70. The van der Waals surface area contributed by atoms with E-state index in [1.54, 1.807) is 6.92 Å². The van der Waals surface area contributed by atoms with Gasteiger partial charge in [0.05, 0.1) is 11.8 Å². The molecule has 1 aliphatic rings. The smallest absolute Gasteiger partial charge is 0.234 e. The van der Waals surface area contributed by atoms with E-state index in [1.165, 1.54) is 21.4 Å². The number of nitrogens with zero attached hydrogens (tertiary/aromatic N) is 6. The number of alkyl halides is 3. The topological polar surface area (TPSA) is 93.4 Å². The molecule has 0 aliphatic carbocycles. The Morgan fingerprint density at radius 1 is 1.19 bits per heavy atom. The molecule has 13 heteroatoms. The van der Waals surface area contributed by atoms with Crippen LogP contribution >= 0.6 is 11.3 Å². The highest BCUT2D eigenvalue weighted by molar-refractivity contribution is 7.88. The van der Waals surface area contributed by atoms with Crippen LogP contribution in [0.1, 0.15) is 35.8 Å². The lowest BCUT2D eigenvalue weighted by molar-refractivity contribution is -0.141. The molecule has 0 saturated carbocycles. The Kier molecular flexibility index (Phi) is 4.51. The Hall–Kier alpha value is -2.38. The first-order chi connectivity index (χ1) is 14.5. The van der Waals surface area contributed by atoms with Gasteiger partial charge in [-0.25, -0.2) is 32.2 Å². The molecule has 0 aromatic carbocycles. The molecule has 5 rings (SSSR count). The molecular weight excluding hydrogens is 453 g/mol. The van der Waals surface area contributed by atoms with Gasteiger partial charge in [0.1, 0.15) is 21.6 Å². The summed E-state index contributed by atoms with van der Waals surface area (Å²) in [5.41, 5.74) is 0.590. The zero-order valence-corrected chi connectivity index (χ0v) is 18.1. The second-order valence-corrected chi connectivity index (χ2v) is 10.7. The Balaban J connectivity index is 1.58. The maximum Gasteiger partial charge on any atom is 0.433 e. The minimum absolute atomic E-state index is 0.000906. The third kappa shape index (κ3) is 3.44. The van der Waals surface area contributed by atoms with Gasteiger partial charge in [0.15, 0.2) is 11.5 Å². The molecule has 0 bridgehead atoms. The van der Waals surface area contributed by atoms with Crippen molar-refractivity contribution in [1.82, 2.24) is 28.9 Å². The van der Waals surface area contributed by atoms with Crippen LogP contribution in [0.3, 0.4) is 0 Å². The molecule has 0 amide bonds. The number of aromatic nitrogens is 5. The van der Waals surface area contributed by atoms with Crippen LogP contribution in [0, 0.1) is 6.92 Å². The van der Waals surface area contributed by atoms with Crippen LogP contribution in [0.2, 0.25) is 0 Å². The van der Waals surface area contributed by atoms with Gasteiger partial charge in [0.25, 0.3) is 0 Å². The van der Waals surface area contributed by atoms with Crippen molar-refractivity contribution < 1.29 is 21.6 Å². The number of sulfonamides is 1. The summed E-state index contributed by atoms with van der Waals surface area (Å²) in [6.45, 7) is 2.42. The largest absolute Gasteiger partial charge is 0.433 e. The van der Waals surface area contributed by atoms with E-state index in [4.69, 9.17) is 0 Å². The normalized spacial score (nSPS) is 17.3. The molecule has 0 N–H and O–H groups in total. The van der Waals surface area contributed by atoms with Crippen molar-refractivity contribution in [3.05, 3.63) is 29.5 Å². The monoisotopic (exact) mass is 470 g/mol. The van der Waals surface area contributed by atoms with Gasteiger partial charge >= 0.3 is 6.18 Å². The van der Waals surface area contributed by atoms with E-state index < -0.39 is 21.9 Å². The fourth-order valence-corrected chi connectivity index (χ4v) is 6.04. The average molecular weight is 471 g/mol. The van der Waals surface area contributed by atoms with E-state index in [9.17, 15) is 21.6 Å².